The van der Waals surface area contributed by atoms with E-state index in [1.165, 1.54) is 88.4 Å². The van der Waals surface area contributed by atoms with Gasteiger partial charge in [-0.25, -0.2) is 9.59 Å². The minimum Gasteiger partial charge on any atom is -0.466 e. The molecule has 8 nitrogen and oxygen atoms in total. The number of ether oxygens (including phenoxy) is 3. The van der Waals surface area contributed by atoms with E-state index in [0.717, 1.165) is 83.6 Å². The van der Waals surface area contributed by atoms with Gasteiger partial charge in [0.15, 0.2) is 0 Å². The zero-order valence-corrected chi connectivity index (χ0v) is 37.0. The Hall–Kier alpha value is -2.87. The first kappa shape index (κ1) is 53.1. The van der Waals surface area contributed by atoms with Crippen molar-refractivity contribution in [3.63, 3.8) is 0 Å². The Bertz CT molecular complexity index is 1040. The molecule has 0 aliphatic heterocycles. The van der Waals surface area contributed by atoms with E-state index in [4.69, 9.17) is 14.2 Å². The lowest BCUT2D eigenvalue weighted by Crippen LogP contribution is -2.37. The largest absolute Gasteiger partial charge is 0.466 e. The van der Waals surface area contributed by atoms with Crippen LogP contribution >= 0.6 is 0 Å². The molecule has 0 radical (unpaired) electrons. The maximum atomic E-state index is 13.0. The number of hydrogen-bond donors (Lipinski definition) is 0. The Labute approximate surface area is 344 Å². The van der Waals surface area contributed by atoms with E-state index in [2.05, 4.69) is 67.4 Å². The molecular weight excluding hydrogens is 701 g/mol. The maximum Gasteiger partial charge on any atom is 0.410 e. The molecule has 0 aromatic heterocycles. The van der Waals surface area contributed by atoms with Crippen molar-refractivity contribution in [1.29, 1.82) is 0 Å². The highest BCUT2D eigenvalue weighted by atomic mass is 16.6. The number of unbranched alkanes of at least 4 members (excludes halogenated alkanes) is 18. The Balaban J connectivity index is 4.32. The summed E-state index contributed by atoms with van der Waals surface area (Å²) >= 11 is 0. The Morgan fingerprint density at radius 1 is 0.500 bits per heavy atom. The molecule has 56 heavy (non-hydrogen) atoms. The van der Waals surface area contributed by atoms with Gasteiger partial charge in [0.1, 0.15) is 0 Å². The topological polar surface area (TPSA) is 85.4 Å². The zero-order chi connectivity index (χ0) is 41.2. The molecule has 1 unspecified atom stereocenters. The van der Waals surface area contributed by atoms with Crippen LogP contribution in [-0.4, -0.2) is 81.4 Å². The molecule has 8 heteroatoms. The highest BCUT2D eigenvalue weighted by Crippen LogP contribution is 2.13. The number of nitrogens with zero attached hydrogens (tertiary/aromatic N) is 2. The van der Waals surface area contributed by atoms with Gasteiger partial charge in [-0.2, -0.15) is 0 Å². The number of esters is 2. The fraction of sp³-hybridized carbons (Fsp3) is 0.771. The highest BCUT2D eigenvalue weighted by molar-refractivity contribution is 5.79. The number of rotatable bonds is 39. The molecule has 0 aliphatic carbocycles. The molecule has 0 heterocycles. The third-order valence-corrected chi connectivity index (χ3v) is 9.72. The van der Waals surface area contributed by atoms with Gasteiger partial charge in [-0.3, -0.25) is 4.79 Å². The van der Waals surface area contributed by atoms with Gasteiger partial charge >= 0.3 is 18.0 Å². The predicted molar refractivity (Wildman–Crippen MR) is 236 cm³/mol. The summed E-state index contributed by atoms with van der Waals surface area (Å²) in [4.78, 5) is 41.9. The summed E-state index contributed by atoms with van der Waals surface area (Å²) in [5.74, 6) is -0.980. The van der Waals surface area contributed by atoms with Gasteiger partial charge in [0.25, 0.3) is 0 Å². The predicted octanol–water partition coefficient (Wildman–Crippen LogP) is 12.9. The molecule has 0 N–H and O–H groups in total. The van der Waals surface area contributed by atoms with E-state index in [9.17, 15) is 14.4 Å². The number of carbonyl (C=O) groups is 3. The van der Waals surface area contributed by atoms with Crippen molar-refractivity contribution in [2.75, 3.05) is 47.4 Å². The minimum absolute atomic E-state index is 0.00943. The molecule has 0 aliphatic rings. The fourth-order valence-electron chi connectivity index (χ4n) is 6.11. The lowest BCUT2D eigenvalue weighted by molar-refractivity contribution is -0.155. The molecule has 0 bridgehead atoms. The van der Waals surface area contributed by atoms with Crippen LogP contribution in [0.25, 0.3) is 0 Å². The van der Waals surface area contributed by atoms with Crippen molar-refractivity contribution in [1.82, 2.24) is 9.80 Å². The summed E-state index contributed by atoms with van der Waals surface area (Å²) in [5, 5.41) is 0. The van der Waals surface area contributed by atoms with Crippen molar-refractivity contribution in [2.24, 2.45) is 0 Å². The monoisotopic (exact) mass is 787 g/mol. The van der Waals surface area contributed by atoms with Crippen LogP contribution < -0.4 is 0 Å². The van der Waals surface area contributed by atoms with Crippen LogP contribution in [-0.2, 0) is 23.8 Å². The van der Waals surface area contributed by atoms with Gasteiger partial charge in [0.05, 0.1) is 13.2 Å². The molecule has 0 aromatic rings. The second kappa shape index (κ2) is 41.8. The summed E-state index contributed by atoms with van der Waals surface area (Å²) in [6.45, 7) is 6.45. The van der Waals surface area contributed by atoms with Crippen LogP contribution in [0.2, 0.25) is 0 Å². The molecule has 0 saturated heterocycles. The first-order valence-electron chi connectivity index (χ1n) is 22.8. The second-order valence-electron chi connectivity index (χ2n) is 15.5. The number of allylic oxidation sites excluding steroid dienone is 8. The molecule has 0 rings (SSSR count). The quantitative estimate of drug-likeness (QED) is 0.0265. The lowest BCUT2D eigenvalue weighted by Gasteiger charge is -2.22. The Morgan fingerprint density at radius 2 is 0.929 bits per heavy atom. The fourth-order valence-corrected chi connectivity index (χ4v) is 6.11. The SMILES string of the molecule is CCCCC/C=C\C/C=C\CCCCCCCCOC(=O)CCC(OC(=O)N(C)CCCN(C)C)C(=O)OCCCCCCCC/C=C\C/C=C\CCCCC. The van der Waals surface area contributed by atoms with Crippen molar-refractivity contribution in [3.8, 4) is 0 Å². The molecule has 0 fully saturated rings. The molecule has 1 amide bonds. The molecular formula is C48H86N2O6. The highest BCUT2D eigenvalue weighted by Gasteiger charge is 2.27. The number of hydrogen-bond acceptors (Lipinski definition) is 7. The smallest absolute Gasteiger partial charge is 0.410 e. The third-order valence-electron chi connectivity index (χ3n) is 9.72. The maximum absolute atomic E-state index is 13.0. The first-order chi connectivity index (χ1) is 27.3. The van der Waals surface area contributed by atoms with Gasteiger partial charge in [0, 0.05) is 26.4 Å². The van der Waals surface area contributed by atoms with Crippen LogP contribution in [0.1, 0.15) is 187 Å². The van der Waals surface area contributed by atoms with Crippen molar-refractivity contribution >= 4 is 18.0 Å². The van der Waals surface area contributed by atoms with Gasteiger partial charge in [0.2, 0.25) is 6.10 Å². The van der Waals surface area contributed by atoms with E-state index in [1.807, 2.05) is 14.1 Å². The second-order valence-corrected chi connectivity index (χ2v) is 15.5. The van der Waals surface area contributed by atoms with Crippen LogP contribution in [0.4, 0.5) is 4.79 Å². The van der Waals surface area contributed by atoms with Crippen LogP contribution in [0.5, 0.6) is 0 Å². The van der Waals surface area contributed by atoms with Crippen LogP contribution in [0.15, 0.2) is 48.6 Å². The summed E-state index contributed by atoms with van der Waals surface area (Å²) in [6, 6.07) is 0. The van der Waals surface area contributed by atoms with E-state index >= 15 is 0 Å². The Morgan fingerprint density at radius 3 is 1.39 bits per heavy atom. The van der Waals surface area contributed by atoms with Crippen LogP contribution in [0.3, 0.4) is 0 Å². The van der Waals surface area contributed by atoms with Gasteiger partial charge < -0.3 is 24.0 Å². The summed E-state index contributed by atoms with van der Waals surface area (Å²) in [5.41, 5.74) is 0. The summed E-state index contributed by atoms with van der Waals surface area (Å²) in [6.07, 6.45) is 44.8. The molecule has 324 valence electrons. The van der Waals surface area contributed by atoms with E-state index in [1.54, 1.807) is 7.05 Å². The van der Waals surface area contributed by atoms with Crippen LogP contribution in [0, 0.1) is 0 Å². The average Bonchev–Trinajstić information content (AvgIpc) is 3.18. The normalized spacial score (nSPS) is 12.5. The first-order valence-corrected chi connectivity index (χ1v) is 22.8. The number of carbonyl (C=O) groups excluding carboxylic acids is 3. The molecule has 1 atom stereocenters. The van der Waals surface area contributed by atoms with Gasteiger partial charge in [-0.05, 0) is 104 Å². The number of amides is 1. The third kappa shape index (κ3) is 38.0. The Kier molecular flexibility index (Phi) is 39.6. The molecule has 0 spiro atoms. The minimum atomic E-state index is -1.14. The molecule has 0 saturated carbocycles. The van der Waals surface area contributed by atoms with Crippen molar-refractivity contribution < 1.29 is 28.6 Å². The zero-order valence-electron chi connectivity index (χ0n) is 37.0. The molecule has 0 aromatic carbocycles. The van der Waals surface area contributed by atoms with Crippen molar-refractivity contribution in [3.05, 3.63) is 48.6 Å². The van der Waals surface area contributed by atoms with Gasteiger partial charge in [-0.15, -0.1) is 0 Å². The summed E-state index contributed by atoms with van der Waals surface area (Å²) < 4.78 is 16.6. The lowest BCUT2D eigenvalue weighted by atomic mass is 10.1. The standard InChI is InChI=1S/C48H86N2O6/c1-6-8-10-12-14-16-18-20-22-24-26-28-30-32-34-36-43-54-46(51)40-39-45(56-48(53)50(5)42-38-41-49(3)4)47(52)55-44-37-35-33-31-29-27-25-23-21-19-17-15-13-11-9-7-2/h14-17,20-23,45H,6-13,18-19,24-44H2,1-5H3/b16-14-,17-15-,22-20-,23-21-. The van der Waals surface area contributed by atoms with E-state index < -0.39 is 18.2 Å². The van der Waals surface area contributed by atoms with Gasteiger partial charge in [-0.1, -0.05) is 140 Å². The summed E-state index contributed by atoms with van der Waals surface area (Å²) in [7, 11) is 5.62. The average molecular weight is 787 g/mol. The van der Waals surface area contributed by atoms with Crippen molar-refractivity contribution in [2.45, 2.75) is 193 Å². The van der Waals surface area contributed by atoms with E-state index in [-0.39, 0.29) is 25.4 Å². The van der Waals surface area contributed by atoms with E-state index in [0.29, 0.717) is 13.2 Å².